The Hall–Kier alpha value is -1.66. The fourth-order valence-electron chi connectivity index (χ4n) is 8.45. The molecular weight excluding hydrogens is 767 g/mol. The average molecular weight is 874 g/mol. The molecule has 62 heavy (non-hydrogen) atoms. The summed E-state index contributed by atoms with van der Waals surface area (Å²) in [5, 5.41) is 23.1. The second-order valence-electron chi connectivity index (χ2n) is 18.9. The van der Waals surface area contributed by atoms with E-state index >= 15 is 0 Å². The molecule has 0 bridgehead atoms. The van der Waals surface area contributed by atoms with E-state index in [1.54, 1.807) is 6.08 Å². The van der Waals surface area contributed by atoms with Crippen LogP contribution in [0.25, 0.3) is 0 Å². The molecule has 0 saturated heterocycles. The van der Waals surface area contributed by atoms with Crippen LogP contribution < -0.4 is 5.32 Å². The molecule has 0 aliphatic rings. The smallest absolute Gasteiger partial charge is 0.305 e. The molecule has 0 aromatic rings. The van der Waals surface area contributed by atoms with E-state index in [1.165, 1.54) is 186 Å². The summed E-state index contributed by atoms with van der Waals surface area (Å²) in [4.78, 5) is 24.5. The monoisotopic (exact) mass is 874 g/mol. The third-order valence-corrected chi connectivity index (χ3v) is 12.7. The van der Waals surface area contributed by atoms with Crippen LogP contribution in [-0.4, -0.2) is 47.4 Å². The van der Waals surface area contributed by atoms with E-state index in [9.17, 15) is 19.8 Å². The first kappa shape index (κ1) is 60.3. The summed E-state index contributed by atoms with van der Waals surface area (Å²) >= 11 is 0. The van der Waals surface area contributed by atoms with Gasteiger partial charge in [0.1, 0.15) is 0 Å². The minimum Gasteiger partial charge on any atom is -0.466 e. The fourth-order valence-corrected chi connectivity index (χ4v) is 8.45. The topological polar surface area (TPSA) is 95.9 Å². The van der Waals surface area contributed by atoms with Gasteiger partial charge < -0.3 is 20.3 Å². The van der Waals surface area contributed by atoms with Gasteiger partial charge in [-0.3, -0.25) is 9.59 Å². The first-order valence-electron chi connectivity index (χ1n) is 27.6. The van der Waals surface area contributed by atoms with Gasteiger partial charge >= 0.3 is 5.97 Å². The normalized spacial score (nSPS) is 12.8. The highest BCUT2D eigenvalue weighted by molar-refractivity contribution is 5.76. The van der Waals surface area contributed by atoms with Crippen LogP contribution in [0.1, 0.15) is 296 Å². The Bertz CT molecular complexity index is 966. The first-order chi connectivity index (χ1) is 30.5. The lowest BCUT2D eigenvalue weighted by atomic mass is 10.0. The van der Waals surface area contributed by atoms with Crippen molar-refractivity contribution < 1.29 is 24.5 Å². The minimum atomic E-state index is -0.862. The average Bonchev–Trinajstić information content (AvgIpc) is 3.27. The summed E-state index contributed by atoms with van der Waals surface area (Å²) in [5.74, 6) is -0.125. The van der Waals surface area contributed by atoms with Crippen molar-refractivity contribution in [1.82, 2.24) is 5.32 Å². The van der Waals surface area contributed by atoms with Crippen molar-refractivity contribution in [2.75, 3.05) is 13.2 Å². The molecule has 2 atom stereocenters. The maximum absolute atomic E-state index is 12.5. The number of unbranched alkanes of at least 4 members (excludes halogenated alkanes) is 38. The van der Waals surface area contributed by atoms with E-state index in [2.05, 4.69) is 31.3 Å². The maximum Gasteiger partial charge on any atom is 0.305 e. The van der Waals surface area contributed by atoms with E-state index in [4.69, 9.17) is 4.74 Å². The van der Waals surface area contributed by atoms with Gasteiger partial charge in [-0.05, 0) is 57.8 Å². The zero-order valence-corrected chi connectivity index (χ0v) is 41.6. The molecule has 0 rings (SSSR count). The minimum absolute atomic E-state index is 0.0304. The lowest BCUT2D eigenvalue weighted by Crippen LogP contribution is -2.45. The molecular formula is C56H107NO5. The number of rotatable bonds is 51. The molecule has 0 fully saturated rings. The molecule has 0 aromatic heterocycles. The van der Waals surface area contributed by atoms with Gasteiger partial charge in [-0.2, -0.15) is 0 Å². The summed E-state index contributed by atoms with van der Waals surface area (Å²) in [6.07, 6.45) is 61.9. The Morgan fingerprint density at radius 2 is 0.758 bits per heavy atom. The number of esters is 1. The van der Waals surface area contributed by atoms with Crippen molar-refractivity contribution in [3.05, 3.63) is 24.3 Å². The van der Waals surface area contributed by atoms with Crippen LogP contribution in [0.15, 0.2) is 24.3 Å². The maximum atomic E-state index is 12.5. The quantitative estimate of drug-likeness (QED) is 0.0321. The van der Waals surface area contributed by atoms with Gasteiger partial charge in [-0.1, -0.05) is 250 Å². The van der Waals surface area contributed by atoms with Gasteiger partial charge in [-0.15, -0.1) is 0 Å². The zero-order valence-electron chi connectivity index (χ0n) is 41.6. The Balaban J connectivity index is 3.54. The van der Waals surface area contributed by atoms with E-state index in [-0.39, 0.29) is 18.5 Å². The molecule has 0 heterocycles. The summed E-state index contributed by atoms with van der Waals surface area (Å²) < 4.78 is 5.44. The van der Waals surface area contributed by atoms with Crippen LogP contribution >= 0.6 is 0 Å². The van der Waals surface area contributed by atoms with Gasteiger partial charge in [0, 0.05) is 12.8 Å². The van der Waals surface area contributed by atoms with Crippen molar-refractivity contribution in [2.24, 2.45) is 0 Å². The molecule has 2 unspecified atom stereocenters. The standard InChI is InChI=1S/C56H107NO5/c1-3-5-7-9-11-13-15-17-19-20-21-22-23-24-25-28-32-36-40-44-48-54(59)53(52-58)57-55(60)49-45-41-37-33-29-27-31-35-39-43-47-51-62-56(61)50-46-42-38-34-30-26-18-16-14-12-10-8-6-4-2/h31,35,44,48,53-54,58-59H,3-30,32-34,36-43,45-47,49-52H2,1-2H3,(H,57,60)/b35-31-,48-44+. The second-order valence-corrected chi connectivity index (χ2v) is 18.9. The Morgan fingerprint density at radius 3 is 1.15 bits per heavy atom. The van der Waals surface area contributed by atoms with Crippen molar-refractivity contribution >= 4 is 11.9 Å². The Morgan fingerprint density at radius 1 is 0.435 bits per heavy atom. The van der Waals surface area contributed by atoms with Gasteiger partial charge in [0.25, 0.3) is 0 Å². The molecule has 6 heteroatoms. The largest absolute Gasteiger partial charge is 0.466 e. The molecule has 1 amide bonds. The van der Waals surface area contributed by atoms with Crippen LogP contribution in [0.2, 0.25) is 0 Å². The molecule has 0 aliphatic heterocycles. The van der Waals surface area contributed by atoms with Crippen LogP contribution in [-0.2, 0) is 14.3 Å². The van der Waals surface area contributed by atoms with Gasteiger partial charge in [-0.25, -0.2) is 0 Å². The van der Waals surface area contributed by atoms with Crippen LogP contribution in [0.4, 0.5) is 0 Å². The van der Waals surface area contributed by atoms with Crippen molar-refractivity contribution in [1.29, 1.82) is 0 Å². The number of allylic oxidation sites excluding steroid dienone is 3. The molecule has 0 spiro atoms. The third-order valence-electron chi connectivity index (χ3n) is 12.7. The first-order valence-corrected chi connectivity index (χ1v) is 27.6. The Labute approximate surface area is 386 Å². The number of carbonyl (C=O) groups excluding carboxylic acids is 2. The molecule has 0 aromatic carbocycles. The molecule has 0 aliphatic carbocycles. The van der Waals surface area contributed by atoms with E-state index in [0.29, 0.717) is 19.4 Å². The number of amides is 1. The second kappa shape index (κ2) is 52.0. The molecule has 3 N–H and O–H groups in total. The lowest BCUT2D eigenvalue weighted by Gasteiger charge is -2.20. The number of ether oxygens (including phenoxy) is 1. The summed E-state index contributed by atoms with van der Waals surface area (Å²) in [6, 6.07) is -0.649. The number of hydrogen-bond donors (Lipinski definition) is 3. The summed E-state index contributed by atoms with van der Waals surface area (Å²) in [7, 11) is 0. The summed E-state index contributed by atoms with van der Waals surface area (Å²) in [5.41, 5.74) is 0. The molecule has 0 saturated carbocycles. The van der Waals surface area contributed by atoms with Crippen LogP contribution in [0, 0.1) is 0 Å². The van der Waals surface area contributed by atoms with Crippen molar-refractivity contribution in [3.63, 3.8) is 0 Å². The highest BCUT2D eigenvalue weighted by atomic mass is 16.5. The highest BCUT2D eigenvalue weighted by Crippen LogP contribution is 2.16. The highest BCUT2D eigenvalue weighted by Gasteiger charge is 2.18. The molecule has 0 radical (unpaired) electrons. The number of nitrogens with one attached hydrogen (secondary N) is 1. The fraction of sp³-hybridized carbons (Fsp3) is 0.893. The predicted octanol–water partition coefficient (Wildman–Crippen LogP) is 16.7. The van der Waals surface area contributed by atoms with Gasteiger partial charge in [0.15, 0.2) is 0 Å². The predicted molar refractivity (Wildman–Crippen MR) is 269 cm³/mol. The van der Waals surface area contributed by atoms with Crippen LogP contribution in [0.5, 0.6) is 0 Å². The SMILES string of the molecule is CCCCCCCCCCCCCCCCCCCC/C=C/C(O)C(CO)NC(=O)CCCCCCC/C=C\CCCCOC(=O)CCCCCCCCCCCCCCCC. The number of aliphatic hydroxyl groups excluding tert-OH is 2. The van der Waals surface area contributed by atoms with Crippen molar-refractivity contribution in [3.8, 4) is 0 Å². The van der Waals surface area contributed by atoms with E-state index in [1.807, 2.05) is 6.08 Å². The van der Waals surface area contributed by atoms with Crippen LogP contribution in [0.3, 0.4) is 0 Å². The summed E-state index contributed by atoms with van der Waals surface area (Å²) in [6.45, 7) is 4.84. The van der Waals surface area contributed by atoms with Crippen molar-refractivity contribution in [2.45, 2.75) is 309 Å². The zero-order chi connectivity index (χ0) is 45.1. The number of carbonyl (C=O) groups is 2. The number of aliphatic hydroxyl groups is 2. The number of hydrogen-bond acceptors (Lipinski definition) is 5. The molecule has 6 nitrogen and oxygen atoms in total. The lowest BCUT2D eigenvalue weighted by molar-refractivity contribution is -0.143. The molecule has 366 valence electrons. The van der Waals surface area contributed by atoms with Gasteiger partial charge in [0.05, 0.1) is 25.4 Å². The van der Waals surface area contributed by atoms with E-state index < -0.39 is 12.1 Å². The Kier molecular flexibility index (Phi) is 50.6. The third kappa shape index (κ3) is 47.8. The van der Waals surface area contributed by atoms with E-state index in [0.717, 1.165) is 83.5 Å². The van der Waals surface area contributed by atoms with Gasteiger partial charge in [0.2, 0.25) is 5.91 Å².